The summed E-state index contributed by atoms with van der Waals surface area (Å²) in [5.41, 5.74) is 0.0399. The minimum atomic E-state index is -1.07. The largest absolute Gasteiger partial charge is 0.478 e. The second kappa shape index (κ2) is 6.61. The van der Waals surface area contributed by atoms with Crippen LogP contribution in [0.1, 0.15) is 44.0 Å². The number of carbonyl (C=O) groups excluding carboxylic acids is 1. The van der Waals surface area contributed by atoms with Gasteiger partial charge >= 0.3 is 12.0 Å². The Kier molecular flexibility index (Phi) is 5.39. The van der Waals surface area contributed by atoms with Crippen LogP contribution >= 0.6 is 11.6 Å². The molecule has 0 spiro atoms. The number of urea groups is 1. The van der Waals surface area contributed by atoms with Crippen LogP contribution in [0.2, 0.25) is 5.02 Å². The third-order valence-electron chi connectivity index (χ3n) is 3.44. The van der Waals surface area contributed by atoms with E-state index in [1.165, 1.54) is 18.2 Å². The Morgan fingerprint density at radius 2 is 1.90 bits per heavy atom. The Balaban J connectivity index is 2.85. The minimum Gasteiger partial charge on any atom is -0.478 e. The van der Waals surface area contributed by atoms with Crippen LogP contribution in [0.25, 0.3) is 0 Å². The number of rotatable bonds is 5. The predicted octanol–water partition coefficient (Wildman–Crippen LogP) is 3.74. The first-order valence-electron chi connectivity index (χ1n) is 6.43. The number of carbonyl (C=O) groups is 2. The van der Waals surface area contributed by atoms with Crippen LogP contribution in [0.15, 0.2) is 18.2 Å². The number of amides is 2. The zero-order valence-corrected chi connectivity index (χ0v) is 12.5. The molecule has 1 aromatic rings. The number of carboxylic acids is 1. The van der Waals surface area contributed by atoms with Crippen LogP contribution in [0, 0.1) is 0 Å². The predicted molar refractivity (Wildman–Crippen MR) is 79.6 cm³/mol. The van der Waals surface area contributed by atoms with Crippen molar-refractivity contribution in [1.82, 2.24) is 5.32 Å². The quantitative estimate of drug-likeness (QED) is 0.775. The van der Waals surface area contributed by atoms with Crippen molar-refractivity contribution < 1.29 is 14.7 Å². The molecule has 1 aromatic carbocycles. The number of halogens is 1. The first-order chi connectivity index (χ1) is 9.31. The summed E-state index contributed by atoms with van der Waals surface area (Å²) in [6.07, 6.45) is 1.58. The molecule has 6 heteroatoms. The minimum absolute atomic E-state index is 0.0680. The van der Waals surface area contributed by atoms with E-state index in [4.69, 9.17) is 16.7 Å². The van der Waals surface area contributed by atoms with E-state index in [0.717, 1.165) is 12.8 Å². The summed E-state index contributed by atoms with van der Waals surface area (Å²) in [7, 11) is 0. The number of hydrogen-bond acceptors (Lipinski definition) is 2. The Morgan fingerprint density at radius 3 is 2.40 bits per heavy atom. The Bertz CT molecular complexity index is 513. The standard InChI is InChI=1S/C14H19ClN2O3/c1-4-14(3,5-2)17-13(20)16-11-8-9(12(18)19)6-7-10(11)15/h6-8H,4-5H2,1-3H3,(H,18,19)(H2,16,17,20). The molecule has 0 heterocycles. The van der Waals surface area contributed by atoms with Crippen LogP contribution in [0.4, 0.5) is 10.5 Å². The SMILES string of the molecule is CCC(C)(CC)NC(=O)Nc1cc(C(=O)O)ccc1Cl. The van der Waals surface area contributed by atoms with Crippen molar-refractivity contribution >= 4 is 29.3 Å². The van der Waals surface area contributed by atoms with Crippen molar-refractivity contribution in [3.63, 3.8) is 0 Å². The van der Waals surface area contributed by atoms with Gasteiger partial charge in [0.05, 0.1) is 16.3 Å². The monoisotopic (exact) mass is 298 g/mol. The number of carboxylic acid groups (broad SMARTS) is 1. The maximum atomic E-state index is 12.0. The first kappa shape index (κ1) is 16.3. The zero-order valence-electron chi connectivity index (χ0n) is 11.8. The van der Waals surface area contributed by atoms with Gasteiger partial charge in [-0.2, -0.15) is 0 Å². The number of anilines is 1. The highest BCUT2D eigenvalue weighted by Crippen LogP contribution is 2.23. The molecular weight excluding hydrogens is 280 g/mol. The molecule has 3 N–H and O–H groups in total. The van der Waals surface area contributed by atoms with Gasteiger partial charge in [-0.3, -0.25) is 0 Å². The zero-order chi connectivity index (χ0) is 15.3. The number of aromatic carboxylic acids is 1. The van der Waals surface area contributed by atoms with Gasteiger partial charge < -0.3 is 15.7 Å². The average molecular weight is 299 g/mol. The molecule has 0 bridgehead atoms. The summed E-state index contributed by atoms with van der Waals surface area (Å²) in [6.45, 7) is 5.92. The maximum absolute atomic E-state index is 12.0. The fourth-order valence-corrected chi connectivity index (χ4v) is 1.77. The Hall–Kier alpha value is -1.75. The number of benzene rings is 1. The lowest BCUT2D eigenvalue weighted by molar-refractivity contribution is 0.0697. The molecule has 0 unspecified atom stereocenters. The van der Waals surface area contributed by atoms with E-state index < -0.39 is 12.0 Å². The molecule has 0 aliphatic rings. The molecule has 0 aliphatic heterocycles. The van der Waals surface area contributed by atoms with Crippen LogP contribution in [0.3, 0.4) is 0 Å². The molecule has 20 heavy (non-hydrogen) atoms. The number of hydrogen-bond donors (Lipinski definition) is 3. The van der Waals surface area contributed by atoms with Crippen molar-refractivity contribution in [3.05, 3.63) is 28.8 Å². The van der Waals surface area contributed by atoms with Gasteiger partial charge in [0, 0.05) is 5.54 Å². The van der Waals surface area contributed by atoms with E-state index in [2.05, 4.69) is 10.6 Å². The van der Waals surface area contributed by atoms with E-state index in [0.29, 0.717) is 5.02 Å². The van der Waals surface area contributed by atoms with E-state index in [1.54, 1.807) is 0 Å². The van der Waals surface area contributed by atoms with Gasteiger partial charge in [0.15, 0.2) is 0 Å². The highest BCUT2D eigenvalue weighted by molar-refractivity contribution is 6.33. The smallest absolute Gasteiger partial charge is 0.335 e. The fraction of sp³-hybridized carbons (Fsp3) is 0.429. The first-order valence-corrected chi connectivity index (χ1v) is 6.81. The third kappa shape index (κ3) is 4.13. The van der Waals surface area contributed by atoms with Gasteiger partial charge in [0.2, 0.25) is 0 Å². The summed E-state index contributed by atoms with van der Waals surface area (Å²) < 4.78 is 0. The summed E-state index contributed by atoms with van der Waals surface area (Å²) >= 11 is 5.95. The normalized spacial score (nSPS) is 11.0. The lowest BCUT2D eigenvalue weighted by Gasteiger charge is -2.28. The third-order valence-corrected chi connectivity index (χ3v) is 3.77. The van der Waals surface area contributed by atoms with Crippen molar-refractivity contribution in [2.45, 2.75) is 39.2 Å². The van der Waals surface area contributed by atoms with Gasteiger partial charge in [0.25, 0.3) is 0 Å². The van der Waals surface area contributed by atoms with Gasteiger partial charge in [-0.05, 0) is 38.0 Å². The maximum Gasteiger partial charge on any atom is 0.335 e. The van der Waals surface area contributed by atoms with Crippen molar-refractivity contribution in [3.8, 4) is 0 Å². The van der Waals surface area contributed by atoms with Crippen LogP contribution < -0.4 is 10.6 Å². The molecule has 0 saturated carbocycles. The van der Waals surface area contributed by atoms with Crippen molar-refractivity contribution in [2.75, 3.05) is 5.32 Å². The summed E-state index contributed by atoms with van der Waals surface area (Å²) in [6, 6.07) is 3.76. The van der Waals surface area contributed by atoms with Crippen LogP contribution in [0.5, 0.6) is 0 Å². The van der Waals surface area contributed by atoms with Gasteiger partial charge in [-0.1, -0.05) is 25.4 Å². The molecule has 2 amide bonds. The molecule has 0 saturated heterocycles. The van der Waals surface area contributed by atoms with E-state index >= 15 is 0 Å². The molecule has 0 atom stereocenters. The summed E-state index contributed by atoms with van der Waals surface area (Å²) in [5, 5.41) is 14.7. The average Bonchev–Trinajstić information content (AvgIpc) is 2.40. The van der Waals surface area contributed by atoms with Gasteiger partial charge in [-0.15, -0.1) is 0 Å². The van der Waals surface area contributed by atoms with E-state index in [1.807, 2.05) is 20.8 Å². The van der Waals surface area contributed by atoms with Crippen molar-refractivity contribution in [2.24, 2.45) is 0 Å². The molecule has 0 aliphatic carbocycles. The lowest BCUT2D eigenvalue weighted by Crippen LogP contribution is -2.47. The fourth-order valence-electron chi connectivity index (χ4n) is 1.61. The second-order valence-corrected chi connectivity index (χ2v) is 5.25. The second-order valence-electron chi connectivity index (χ2n) is 4.85. The van der Waals surface area contributed by atoms with E-state index in [-0.39, 0.29) is 16.8 Å². The topological polar surface area (TPSA) is 78.4 Å². The van der Waals surface area contributed by atoms with E-state index in [9.17, 15) is 9.59 Å². The summed E-state index contributed by atoms with van der Waals surface area (Å²) in [5.74, 6) is -1.07. The van der Waals surface area contributed by atoms with Crippen LogP contribution in [-0.4, -0.2) is 22.6 Å². The number of nitrogens with one attached hydrogen (secondary N) is 2. The molecule has 0 radical (unpaired) electrons. The van der Waals surface area contributed by atoms with Crippen LogP contribution in [-0.2, 0) is 0 Å². The molecule has 0 fully saturated rings. The van der Waals surface area contributed by atoms with Gasteiger partial charge in [-0.25, -0.2) is 9.59 Å². The van der Waals surface area contributed by atoms with Gasteiger partial charge in [0.1, 0.15) is 0 Å². The highest BCUT2D eigenvalue weighted by atomic mass is 35.5. The molecule has 110 valence electrons. The lowest BCUT2D eigenvalue weighted by atomic mass is 9.96. The Morgan fingerprint density at radius 1 is 1.30 bits per heavy atom. The summed E-state index contributed by atoms with van der Waals surface area (Å²) in [4.78, 5) is 22.9. The molecule has 5 nitrogen and oxygen atoms in total. The molecule has 0 aromatic heterocycles. The van der Waals surface area contributed by atoms with Crippen molar-refractivity contribution in [1.29, 1.82) is 0 Å². The highest BCUT2D eigenvalue weighted by Gasteiger charge is 2.22. The molecular formula is C14H19ClN2O3. The Labute approximate surface area is 123 Å². The molecule has 1 rings (SSSR count).